The Morgan fingerprint density at radius 2 is 2.21 bits per heavy atom. The summed E-state index contributed by atoms with van der Waals surface area (Å²) in [7, 11) is 0. The second-order valence-electron chi connectivity index (χ2n) is 3.01. The first-order chi connectivity index (χ1) is 6.84. The van der Waals surface area contributed by atoms with Gasteiger partial charge in [0.2, 0.25) is 0 Å². The van der Waals surface area contributed by atoms with E-state index in [2.05, 4.69) is 5.16 Å². The number of nitrogens with zero attached hydrogens (tertiary/aromatic N) is 1. The molecule has 0 aliphatic rings. The molecule has 0 amide bonds. The second-order valence-corrected chi connectivity index (χ2v) is 3.99. The SMILES string of the molecule is Cc1cc(CSCc2ccco2)on1. The molecule has 0 spiro atoms. The molecule has 2 rings (SSSR count). The minimum atomic E-state index is 0.835. The zero-order valence-corrected chi connectivity index (χ0v) is 8.71. The van der Waals surface area contributed by atoms with Crippen molar-refractivity contribution in [1.82, 2.24) is 5.16 Å². The lowest BCUT2D eigenvalue weighted by Gasteiger charge is -1.94. The van der Waals surface area contributed by atoms with Crippen LogP contribution >= 0.6 is 11.8 Å². The van der Waals surface area contributed by atoms with Gasteiger partial charge in [-0.1, -0.05) is 5.16 Å². The van der Waals surface area contributed by atoms with E-state index in [9.17, 15) is 0 Å². The van der Waals surface area contributed by atoms with E-state index in [0.29, 0.717) is 0 Å². The Morgan fingerprint density at radius 1 is 1.36 bits per heavy atom. The summed E-state index contributed by atoms with van der Waals surface area (Å²) in [6, 6.07) is 5.82. The number of hydrogen-bond acceptors (Lipinski definition) is 4. The summed E-state index contributed by atoms with van der Waals surface area (Å²) in [5.74, 6) is 3.61. The van der Waals surface area contributed by atoms with Gasteiger partial charge in [0, 0.05) is 6.07 Å². The summed E-state index contributed by atoms with van der Waals surface area (Å²) < 4.78 is 10.3. The summed E-state index contributed by atoms with van der Waals surface area (Å²) in [6.07, 6.45) is 1.69. The van der Waals surface area contributed by atoms with E-state index >= 15 is 0 Å². The minimum Gasteiger partial charge on any atom is -0.468 e. The van der Waals surface area contributed by atoms with Crippen LogP contribution in [0.15, 0.2) is 33.4 Å². The average molecular weight is 209 g/mol. The number of furan rings is 1. The summed E-state index contributed by atoms with van der Waals surface area (Å²) in [6.45, 7) is 1.92. The van der Waals surface area contributed by atoms with Crippen molar-refractivity contribution in [3.63, 3.8) is 0 Å². The fraction of sp³-hybridized carbons (Fsp3) is 0.300. The molecule has 0 aromatic carbocycles. The highest BCUT2D eigenvalue weighted by Crippen LogP contribution is 2.18. The van der Waals surface area contributed by atoms with E-state index in [1.165, 1.54) is 0 Å². The second kappa shape index (κ2) is 4.37. The van der Waals surface area contributed by atoms with Gasteiger partial charge in [-0.2, -0.15) is 0 Å². The van der Waals surface area contributed by atoms with Crippen LogP contribution in [0.4, 0.5) is 0 Å². The average Bonchev–Trinajstić information content (AvgIpc) is 2.77. The van der Waals surface area contributed by atoms with Gasteiger partial charge in [0.05, 0.1) is 23.5 Å². The van der Waals surface area contributed by atoms with E-state index in [1.54, 1.807) is 18.0 Å². The van der Waals surface area contributed by atoms with E-state index in [0.717, 1.165) is 28.7 Å². The molecular weight excluding hydrogens is 198 g/mol. The highest BCUT2D eigenvalue weighted by atomic mass is 32.2. The molecule has 4 heteroatoms. The van der Waals surface area contributed by atoms with Crippen LogP contribution in [0.5, 0.6) is 0 Å². The van der Waals surface area contributed by atoms with Crippen molar-refractivity contribution in [2.75, 3.05) is 0 Å². The van der Waals surface area contributed by atoms with Crippen molar-refractivity contribution in [3.8, 4) is 0 Å². The molecule has 2 aromatic rings. The van der Waals surface area contributed by atoms with Gasteiger partial charge in [-0.3, -0.25) is 0 Å². The fourth-order valence-corrected chi connectivity index (χ4v) is 1.94. The Kier molecular flexibility index (Phi) is 2.93. The van der Waals surface area contributed by atoms with Gasteiger partial charge in [-0.25, -0.2) is 0 Å². The van der Waals surface area contributed by atoms with Crippen LogP contribution in [0.2, 0.25) is 0 Å². The van der Waals surface area contributed by atoms with Crippen LogP contribution in [0.1, 0.15) is 17.2 Å². The molecule has 0 saturated heterocycles. The summed E-state index contributed by atoms with van der Waals surface area (Å²) in [4.78, 5) is 0. The molecule has 0 bridgehead atoms. The number of aromatic nitrogens is 1. The van der Waals surface area contributed by atoms with Gasteiger partial charge in [0.15, 0.2) is 0 Å². The maximum absolute atomic E-state index is 5.21. The van der Waals surface area contributed by atoms with E-state index in [1.807, 2.05) is 25.1 Å². The van der Waals surface area contributed by atoms with Crippen LogP contribution in [-0.2, 0) is 11.5 Å². The standard InChI is InChI=1S/C10H11NO2S/c1-8-5-10(13-11-8)7-14-6-9-3-2-4-12-9/h2-5H,6-7H2,1H3. The predicted molar refractivity (Wildman–Crippen MR) is 54.9 cm³/mol. The molecule has 0 radical (unpaired) electrons. The molecule has 0 aliphatic heterocycles. The van der Waals surface area contributed by atoms with Gasteiger partial charge >= 0.3 is 0 Å². The van der Waals surface area contributed by atoms with Crippen LogP contribution in [0.25, 0.3) is 0 Å². The van der Waals surface area contributed by atoms with Crippen molar-refractivity contribution >= 4 is 11.8 Å². The zero-order valence-electron chi connectivity index (χ0n) is 7.90. The number of rotatable bonds is 4. The predicted octanol–water partition coefficient (Wildman–Crippen LogP) is 3.01. The largest absolute Gasteiger partial charge is 0.468 e. The fourth-order valence-electron chi connectivity index (χ4n) is 1.13. The Labute approximate surface area is 86.5 Å². The van der Waals surface area contributed by atoms with Crippen molar-refractivity contribution < 1.29 is 8.94 Å². The molecule has 0 unspecified atom stereocenters. The van der Waals surface area contributed by atoms with E-state index < -0.39 is 0 Å². The summed E-state index contributed by atoms with van der Waals surface area (Å²) in [5, 5.41) is 3.82. The van der Waals surface area contributed by atoms with Gasteiger partial charge < -0.3 is 8.94 Å². The third-order valence-electron chi connectivity index (χ3n) is 1.75. The molecule has 0 fully saturated rings. The monoisotopic (exact) mass is 209 g/mol. The lowest BCUT2D eigenvalue weighted by molar-refractivity contribution is 0.391. The smallest absolute Gasteiger partial charge is 0.146 e. The Morgan fingerprint density at radius 3 is 2.86 bits per heavy atom. The first-order valence-electron chi connectivity index (χ1n) is 4.37. The minimum absolute atomic E-state index is 0.835. The van der Waals surface area contributed by atoms with E-state index in [4.69, 9.17) is 8.94 Å². The zero-order chi connectivity index (χ0) is 9.80. The number of aryl methyl sites for hydroxylation is 1. The van der Waals surface area contributed by atoms with E-state index in [-0.39, 0.29) is 0 Å². The Balaban J connectivity index is 1.78. The third-order valence-corrected chi connectivity index (χ3v) is 2.72. The van der Waals surface area contributed by atoms with Crippen LogP contribution in [0, 0.1) is 6.92 Å². The van der Waals surface area contributed by atoms with Crippen molar-refractivity contribution in [2.24, 2.45) is 0 Å². The van der Waals surface area contributed by atoms with Crippen molar-refractivity contribution in [3.05, 3.63) is 41.7 Å². The highest BCUT2D eigenvalue weighted by molar-refractivity contribution is 7.97. The molecule has 2 heterocycles. The first-order valence-corrected chi connectivity index (χ1v) is 5.52. The highest BCUT2D eigenvalue weighted by Gasteiger charge is 2.01. The van der Waals surface area contributed by atoms with Crippen molar-refractivity contribution in [1.29, 1.82) is 0 Å². The summed E-state index contributed by atoms with van der Waals surface area (Å²) >= 11 is 1.75. The van der Waals surface area contributed by atoms with Crippen molar-refractivity contribution in [2.45, 2.75) is 18.4 Å². The number of thioether (sulfide) groups is 1. The molecule has 3 nitrogen and oxygen atoms in total. The maximum Gasteiger partial charge on any atom is 0.146 e. The van der Waals surface area contributed by atoms with Gasteiger partial charge in [0.1, 0.15) is 11.5 Å². The first kappa shape index (κ1) is 9.40. The van der Waals surface area contributed by atoms with Gasteiger partial charge in [0.25, 0.3) is 0 Å². The van der Waals surface area contributed by atoms with Crippen LogP contribution in [0.3, 0.4) is 0 Å². The Hall–Kier alpha value is -1.16. The molecule has 2 aromatic heterocycles. The normalized spacial score (nSPS) is 10.6. The summed E-state index contributed by atoms with van der Waals surface area (Å²) in [5.41, 5.74) is 0.929. The third kappa shape index (κ3) is 2.42. The quantitative estimate of drug-likeness (QED) is 0.776. The molecule has 74 valence electrons. The molecule has 0 saturated carbocycles. The molecular formula is C10H11NO2S. The van der Waals surface area contributed by atoms with Gasteiger partial charge in [-0.15, -0.1) is 11.8 Å². The van der Waals surface area contributed by atoms with Gasteiger partial charge in [-0.05, 0) is 19.1 Å². The number of hydrogen-bond donors (Lipinski definition) is 0. The Bertz CT molecular complexity index is 380. The van der Waals surface area contributed by atoms with Crippen LogP contribution in [-0.4, -0.2) is 5.16 Å². The molecule has 0 N–H and O–H groups in total. The topological polar surface area (TPSA) is 39.2 Å². The lowest BCUT2D eigenvalue weighted by atomic mass is 10.4. The molecule has 14 heavy (non-hydrogen) atoms. The maximum atomic E-state index is 5.21. The molecule has 0 atom stereocenters. The molecule has 0 aliphatic carbocycles. The lowest BCUT2D eigenvalue weighted by Crippen LogP contribution is -1.78. The van der Waals surface area contributed by atoms with Crippen LogP contribution < -0.4 is 0 Å².